The Balaban J connectivity index is 1.41. The Morgan fingerprint density at radius 1 is 1.21 bits per heavy atom. The van der Waals surface area contributed by atoms with Crippen LogP contribution in [0.15, 0.2) is 6.33 Å². The summed E-state index contributed by atoms with van der Waals surface area (Å²) in [7, 11) is 0. The third kappa shape index (κ3) is 4.77. The number of ether oxygens (including phenoxy) is 2. The molecule has 2 fully saturated rings. The lowest BCUT2D eigenvalue weighted by molar-refractivity contribution is -0.0755. The smallest absolute Gasteiger partial charge is 0.141 e. The molecule has 0 amide bonds. The Hall–Kier alpha value is -0.980. The van der Waals surface area contributed by atoms with Crippen molar-refractivity contribution in [2.45, 2.75) is 77.2 Å². The van der Waals surface area contributed by atoms with Crippen LogP contribution in [0, 0.1) is 0 Å². The van der Waals surface area contributed by atoms with E-state index in [2.05, 4.69) is 35.8 Å². The molecular formula is C18H32N4O2. The van der Waals surface area contributed by atoms with Crippen LogP contribution in [0.1, 0.15) is 58.7 Å². The number of aromatic nitrogens is 3. The topological polar surface area (TPSA) is 52.4 Å². The molecule has 0 aliphatic carbocycles. The van der Waals surface area contributed by atoms with Gasteiger partial charge in [0.25, 0.3) is 0 Å². The van der Waals surface area contributed by atoms with Gasteiger partial charge in [-0.05, 0) is 52.9 Å². The second-order valence-corrected chi connectivity index (χ2v) is 8.06. The molecule has 2 aliphatic heterocycles. The van der Waals surface area contributed by atoms with E-state index in [1.807, 2.05) is 4.68 Å². The zero-order valence-corrected chi connectivity index (χ0v) is 15.4. The highest BCUT2D eigenvalue weighted by Crippen LogP contribution is 2.20. The van der Waals surface area contributed by atoms with Crippen molar-refractivity contribution in [3.05, 3.63) is 12.2 Å². The summed E-state index contributed by atoms with van der Waals surface area (Å²) < 4.78 is 13.9. The Labute approximate surface area is 145 Å². The number of hydrogen-bond donors (Lipinski definition) is 0. The Morgan fingerprint density at radius 3 is 2.67 bits per heavy atom. The van der Waals surface area contributed by atoms with Crippen LogP contribution in [0.25, 0.3) is 0 Å². The lowest BCUT2D eigenvalue weighted by atomic mass is 10.1. The van der Waals surface area contributed by atoms with E-state index in [1.54, 1.807) is 6.33 Å². The van der Waals surface area contributed by atoms with Gasteiger partial charge in [0.05, 0.1) is 30.9 Å². The lowest BCUT2D eigenvalue weighted by Gasteiger charge is -2.33. The first-order valence-electron chi connectivity index (χ1n) is 9.37. The fourth-order valence-electron chi connectivity index (χ4n) is 3.55. The van der Waals surface area contributed by atoms with Gasteiger partial charge in [-0.25, -0.2) is 9.67 Å². The predicted octanol–water partition coefficient (Wildman–Crippen LogP) is 2.58. The van der Waals surface area contributed by atoms with E-state index < -0.39 is 0 Å². The zero-order chi connectivity index (χ0) is 17.0. The molecule has 2 aliphatic rings. The molecule has 0 aromatic carbocycles. The molecule has 136 valence electrons. The van der Waals surface area contributed by atoms with Crippen LogP contribution in [0.2, 0.25) is 0 Å². The fourth-order valence-corrected chi connectivity index (χ4v) is 3.55. The minimum Gasteiger partial charge on any atom is -0.376 e. The quantitative estimate of drug-likeness (QED) is 0.827. The summed E-state index contributed by atoms with van der Waals surface area (Å²) in [6.07, 6.45) is 8.19. The number of likely N-dealkylation sites (tertiary alicyclic amines) is 1. The molecule has 1 aromatic heterocycles. The standard InChI is InChI=1S/C18H32N4O2/c1-18(2,3)22-17(19-14-20-22)12-21-9-7-15(8-10-21)24-13-16-6-4-5-11-23-16/h14-16H,4-13H2,1-3H3/t16-/m0/s1. The molecule has 0 N–H and O–H groups in total. The summed E-state index contributed by atoms with van der Waals surface area (Å²) >= 11 is 0. The molecule has 6 nitrogen and oxygen atoms in total. The summed E-state index contributed by atoms with van der Waals surface area (Å²) in [6, 6.07) is 0. The fraction of sp³-hybridized carbons (Fsp3) is 0.889. The van der Waals surface area contributed by atoms with Gasteiger partial charge in [-0.2, -0.15) is 5.10 Å². The van der Waals surface area contributed by atoms with Crippen LogP contribution < -0.4 is 0 Å². The van der Waals surface area contributed by atoms with Crippen molar-refractivity contribution in [1.82, 2.24) is 19.7 Å². The summed E-state index contributed by atoms with van der Waals surface area (Å²) in [5, 5.41) is 4.39. The highest BCUT2D eigenvalue weighted by atomic mass is 16.5. The minimum atomic E-state index is -0.0206. The number of nitrogens with zero attached hydrogens (tertiary/aromatic N) is 4. The predicted molar refractivity (Wildman–Crippen MR) is 92.9 cm³/mol. The molecule has 3 heterocycles. The zero-order valence-electron chi connectivity index (χ0n) is 15.4. The molecular weight excluding hydrogens is 304 g/mol. The Kier molecular flexibility index (Phi) is 5.89. The highest BCUT2D eigenvalue weighted by Gasteiger charge is 2.25. The molecule has 0 radical (unpaired) electrons. The van der Waals surface area contributed by atoms with Gasteiger partial charge in [0, 0.05) is 19.7 Å². The van der Waals surface area contributed by atoms with E-state index in [0.717, 1.165) is 57.9 Å². The van der Waals surface area contributed by atoms with Crippen LogP contribution in [0.4, 0.5) is 0 Å². The molecule has 24 heavy (non-hydrogen) atoms. The number of piperidine rings is 1. The maximum Gasteiger partial charge on any atom is 0.141 e. The first kappa shape index (κ1) is 17.8. The minimum absolute atomic E-state index is 0.0206. The molecule has 0 bridgehead atoms. The van der Waals surface area contributed by atoms with Crippen LogP contribution in [0.3, 0.4) is 0 Å². The Morgan fingerprint density at radius 2 is 2.00 bits per heavy atom. The third-order valence-corrected chi connectivity index (χ3v) is 4.95. The van der Waals surface area contributed by atoms with Crippen molar-refractivity contribution >= 4 is 0 Å². The van der Waals surface area contributed by atoms with Crippen LogP contribution >= 0.6 is 0 Å². The van der Waals surface area contributed by atoms with Crippen LogP contribution in [0.5, 0.6) is 0 Å². The molecule has 1 aromatic rings. The summed E-state index contributed by atoms with van der Waals surface area (Å²) in [4.78, 5) is 6.92. The first-order chi connectivity index (χ1) is 11.5. The van der Waals surface area contributed by atoms with Crippen molar-refractivity contribution in [1.29, 1.82) is 0 Å². The maximum absolute atomic E-state index is 6.10. The van der Waals surface area contributed by atoms with Crippen molar-refractivity contribution in [3.8, 4) is 0 Å². The maximum atomic E-state index is 6.10. The summed E-state index contributed by atoms with van der Waals surface area (Å²) in [5.41, 5.74) is -0.0206. The molecule has 3 rings (SSSR count). The van der Waals surface area contributed by atoms with Crippen LogP contribution in [-0.4, -0.2) is 58.2 Å². The average Bonchev–Trinajstić information content (AvgIpc) is 3.04. The van der Waals surface area contributed by atoms with Gasteiger partial charge in [-0.1, -0.05) is 0 Å². The number of hydrogen-bond acceptors (Lipinski definition) is 5. The van der Waals surface area contributed by atoms with Gasteiger partial charge < -0.3 is 9.47 Å². The van der Waals surface area contributed by atoms with E-state index in [0.29, 0.717) is 12.2 Å². The van der Waals surface area contributed by atoms with E-state index in [9.17, 15) is 0 Å². The van der Waals surface area contributed by atoms with E-state index in [1.165, 1.54) is 12.8 Å². The lowest BCUT2D eigenvalue weighted by Crippen LogP contribution is -2.39. The molecule has 2 saturated heterocycles. The monoisotopic (exact) mass is 336 g/mol. The van der Waals surface area contributed by atoms with Gasteiger partial charge in [0.2, 0.25) is 0 Å². The molecule has 6 heteroatoms. The highest BCUT2D eigenvalue weighted by molar-refractivity contribution is 4.91. The SMILES string of the molecule is CC(C)(C)n1ncnc1CN1CCC(OC[C@@H]2CCCCO2)CC1. The average molecular weight is 336 g/mol. The van der Waals surface area contributed by atoms with E-state index in [4.69, 9.17) is 9.47 Å². The van der Waals surface area contributed by atoms with Gasteiger partial charge in [0.1, 0.15) is 12.2 Å². The van der Waals surface area contributed by atoms with E-state index in [-0.39, 0.29) is 5.54 Å². The van der Waals surface area contributed by atoms with Gasteiger partial charge in [-0.3, -0.25) is 4.90 Å². The molecule has 0 unspecified atom stereocenters. The van der Waals surface area contributed by atoms with Crippen molar-refractivity contribution in [2.24, 2.45) is 0 Å². The van der Waals surface area contributed by atoms with E-state index >= 15 is 0 Å². The normalized spacial score (nSPS) is 24.4. The third-order valence-electron chi connectivity index (χ3n) is 4.95. The second-order valence-electron chi connectivity index (χ2n) is 8.06. The first-order valence-corrected chi connectivity index (χ1v) is 9.37. The van der Waals surface area contributed by atoms with Gasteiger partial charge in [0.15, 0.2) is 0 Å². The van der Waals surface area contributed by atoms with Crippen molar-refractivity contribution in [2.75, 3.05) is 26.3 Å². The van der Waals surface area contributed by atoms with Crippen molar-refractivity contribution in [3.63, 3.8) is 0 Å². The van der Waals surface area contributed by atoms with Gasteiger partial charge in [-0.15, -0.1) is 0 Å². The summed E-state index contributed by atoms with van der Waals surface area (Å²) in [6.45, 7) is 11.2. The van der Waals surface area contributed by atoms with Gasteiger partial charge >= 0.3 is 0 Å². The molecule has 0 saturated carbocycles. The molecule has 1 atom stereocenters. The second kappa shape index (κ2) is 7.93. The largest absolute Gasteiger partial charge is 0.376 e. The molecule has 0 spiro atoms. The van der Waals surface area contributed by atoms with Crippen molar-refractivity contribution < 1.29 is 9.47 Å². The Bertz CT molecular complexity index is 497. The number of rotatable bonds is 5. The van der Waals surface area contributed by atoms with Crippen LogP contribution in [-0.2, 0) is 21.6 Å². The summed E-state index contributed by atoms with van der Waals surface area (Å²) in [5.74, 6) is 1.05.